The van der Waals surface area contributed by atoms with Crippen molar-refractivity contribution in [2.24, 2.45) is 0 Å². The number of nitrogens with one attached hydrogen (secondary N) is 1. The molecule has 1 aromatic rings. The first-order valence-electron chi connectivity index (χ1n) is 5.23. The molecule has 1 rings (SSSR count). The quantitative estimate of drug-likeness (QED) is 0.865. The SMILES string of the molecule is CCCC(C)NS(=O)(=O)c1ccc(F)cc1. The molecule has 0 spiro atoms. The van der Waals surface area contributed by atoms with Gasteiger partial charge in [-0.3, -0.25) is 0 Å². The largest absolute Gasteiger partial charge is 0.240 e. The highest BCUT2D eigenvalue weighted by Crippen LogP contribution is 2.11. The molecule has 0 fully saturated rings. The highest BCUT2D eigenvalue weighted by molar-refractivity contribution is 7.89. The Morgan fingerprint density at radius 3 is 2.38 bits per heavy atom. The number of sulfonamides is 1. The molecule has 0 saturated heterocycles. The van der Waals surface area contributed by atoms with Crippen molar-refractivity contribution in [3.05, 3.63) is 30.1 Å². The molecular weight excluding hydrogens is 229 g/mol. The van der Waals surface area contributed by atoms with E-state index in [1.54, 1.807) is 0 Å². The lowest BCUT2D eigenvalue weighted by atomic mass is 10.2. The summed E-state index contributed by atoms with van der Waals surface area (Å²) in [5, 5.41) is 0. The zero-order chi connectivity index (χ0) is 12.2. The van der Waals surface area contributed by atoms with E-state index in [1.807, 2.05) is 13.8 Å². The van der Waals surface area contributed by atoms with Crippen LogP contribution in [0.2, 0.25) is 0 Å². The van der Waals surface area contributed by atoms with E-state index < -0.39 is 15.8 Å². The third kappa shape index (κ3) is 3.57. The van der Waals surface area contributed by atoms with Crippen LogP contribution in [0, 0.1) is 5.82 Å². The van der Waals surface area contributed by atoms with Gasteiger partial charge in [-0.25, -0.2) is 17.5 Å². The topological polar surface area (TPSA) is 46.2 Å². The first kappa shape index (κ1) is 13.1. The molecule has 1 unspecified atom stereocenters. The second-order valence-electron chi connectivity index (χ2n) is 3.76. The third-order valence-electron chi connectivity index (χ3n) is 2.20. The van der Waals surface area contributed by atoms with Crippen LogP contribution in [0.3, 0.4) is 0 Å². The Bertz CT molecular complexity index is 428. The van der Waals surface area contributed by atoms with Gasteiger partial charge in [0.15, 0.2) is 0 Å². The van der Waals surface area contributed by atoms with Gasteiger partial charge in [-0.15, -0.1) is 0 Å². The number of rotatable bonds is 5. The van der Waals surface area contributed by atoms with Crippen LogP contribution in [0.4, 0.5) is 4.39 Å². The molecule has 3 nitrogen and oxygen atoms in total. The lowest BCUT2D eigenvalue weighted by Gasteiger charge is -2.13. The van der Waals surface area contributed by atoms with Gasteiger partial charge in [-0.1, -0.05) is 13.3 Å². The van der Waals surface area contributed by atoms with E-state index in [0.717, 1.165) is 25.0 Å². The lowest BCUT2D eigenvalue weighted by Crippen LogP contribution is -2.32. The molecular formula is C11H16FNO2S. The van der Waals surface area contributed by atoms with Crippen LogP contribution in [0.5, 0.6) is 0 Å². The zero-order valence-corrected chi connectivity index (χ0v) is 10.2. The number of hydrogen-bond acceptors (Lipinski definition) is 2. The standard InChI is InChI=1S/C11H16FNO2S/c1-3-4-9(2)13-16(14,15)11-7-5-10(12)6-8-11/h5-9,13H,3-4H2,1-2H3. The van der Waals surface area contributed by atoms with Crippen LogP contribution in [0.1, 0.15) is 26.7 Å². The van der Waals surface area contributed by atoms with Crippen molar-refractivity contribution in [3.8, 4) is 0 Å². The second-order valence-corrected chi connectivity index (χ2v) is 5.48. The molecule has 0 aliphatic rings. The molecule has 0 radical (unpaired) electrons. The summed E-state index contributed by atoms with van der Waals surface area (Å²) in [7, 11) is -3.52. The minimum absolute atomic E-state index is 0.0943. The van der Waals surface area contributed by atoms with Gasteiger partial charge in [0, 0.05) is 6.04 Å². The monoisotopic (exact) mass is 245 g/mol. The molecule has 0 aliphatic heterocycles. The molecule has 5 heteroatoms. The molecule has 1 aromatic carbocycles. The van der Waals surface area contributed by atoms with E-state index in [2.05, 4.69) is 4.72 Å². The Morgan fingerprint density at radius 1 is 1.31 bits per heavy atom. The van der Waals surface area contributed by atoms with Crippen molar-refractivity contribution in [1.82, 2.24) is 4.72 Å². The fraction of sp³-hybridized carbons (Fsp3) is 0.455. The predicted octanol–water partition coefficient (Wildman–Crippen LogP) is 2.29. The summed E-state index contributed by atoms with van der Waals surface area (Å²) in [6.45, 7) is 3.80. The Labute approximate surface area is 95.7 Å². The first-order chi connectivity index (χ1) is 7.45. The van der Waals surface area contributed by atoms with Gasteiger partial charge < -0.3 is 0 Å². The van der Waals surface area contributed by atoms with Crippen LogP contribution in [0.25, 0.3) is 0 Å². The maximum atomic E-state index is 12.6. The number of benzene rings is 1. The van der Waals surface area contributed by atoms with E-state index >= 15 is 0 Å². The summed E-state index contributed by atoms with van der Waals surface area (Å²) in [4.78, 5) is 0.0943. The molecule has 0 saturated carbocycles. The van der Waals surface area contributed by atoms with Gasteiger partial charge in [0.2, 0.25) is 10.0 Å². The first-order valence-corrected chi connectivity index (χ1v) is 6.72. The molecule has 0 bridgehead atoms. The molecule has 0 amide bonds. The predicted molar refractivity (Wildman–Crippen MR) is 61.1 cm³/mol. The Balaban J connectivity index is 2.82. The van der Waals surface area contributed by atoms with Crippen LogP contribution >= 0.6 is 0 Å². The Morgan fingerprint density at radius 2 is 1.88 bits per heavy atom. The summed E-state index contributed by atoms with van der Waals surface area (Å²) in [5.74, 6) is -0.444. The maximum Gasteiger partial charge on any atom is 0.240 e. The van der Waals surface area contributed by atoms with Crippen molar-refractivity contribution in [3.63, 3.8) is 0 Å². The van der Waals surface area contributed by atoms with Gasteiger partial charge in [0.1, 0.15) is 5.82 Å². The van der Waals surface area contributed by atoms with Crippen LogP contribution in [-0.2, 0) is 10.0 Å². The Kier molecular flexibility index (Phi) is 4.44. The van der Waals surface area contributed by atoms with E-state index in [0.29, 0.717) is 0 Å². The fourth-order valence-corrected chi connectivity index (χ4v) is 2.72. The summed E-state index contributed by atoms with van der Waals surface area (Å²) in [6.07, 6.45) is 1.69. The van der Waals surface area contributed by atoms with Gasteiger partial charge in [-0.05, 0) is 37.6 Å². The fourth-order valence-electron chi connectivity index (χ4n) is 1.44. The maximum absolute atomic E-state index is 12.6. The van der Waals surface area contributed by atoms with Gasteiger partial charge in [0.25, 0.3) is 0 Å². The van der Waals surface area contributed by atoms with Crippen molar-refractivity contribution in [1.29, 1.82) is 0 Å². The summed E-state index contributed by atoms with van der Waals surface area (Å²) in [6, 6.07) is 4.69. The summed E-state index contributed by atoms with van der Waals surface area (Å²) < 4.78 is 38.8. The van der Waals surface area contributed by atoms with Gasteiger partial charge in [-0.2, -0.15) is 0 Å². The van der Waals surface area contributed by atoms with E-state index in [9.17, 15) is 12.8 Å². The third-order valence-corrected chi connectivity index (χ3v) is 3.81. The average molecular weight is 245 g/mol. The van der Waals surface area contributed by atoms with Crippen molar-refractivity contribution < 1.29 is 12.8 Å². The van der Waals surface area contributed by atoms with E-state index in [4.69, 9.17) is 0 Å². The van der Waals surface area contributed by atoms with Crippen LogP contribution in [-0.4, -0.2) is 14.5 Å². The van der Waals surface area contributed by atoms with Crippen molar-refractivity contribution in [2.75, 3.05) is 0 Å². The van der Waals surface area contributed by atoms with Gasteiger partial charge in [0.05, 0.1) is 4.90 Å². The van der Waals surface area contributed by atoms with Crippen LogP contribution in [0.15, 0.2) is 29.2 Å². The summed E-state index contributed by atoms with van der Waals surface area (Å²) >= 11 is 0. The minimum Gasteiger partial charge on any atom is -0.208 e. The number of hydrogen-bond donors (Lipinski definition) is 1. The number of halogens is 1. The molecule has 1 atom stereocenters. The highest BCUT2D eigenvalue weighted by atomic mass is 32.2. The molecule has 0 heterocycles. The van der Waals surface area contributed by atoms with Crippen molar-refractivity contribution in [2.45, 2.75) is 37.6 Å². The molecule has 0 aromatic heterocycles. The average Bonchev–Trinajstić information content (AvgIpc) is 2.17. The minimum atomic E-state index is -3.52. The van der Waals surface area contributed by atoms with Crippen molar-refractivity contribution >= 4 is 10.0 Å². The zero-order valence-electron chi connectivity index (χ0n) is 9.40. The summed E-state index contributed by atoms with van der Waals surface area (Å²) in [5.41, 5.74) is 0. The molecule has 1 N–H and O–H groups in total. The normalized spacial score (nSPS) is 13.7. The molecule has 0 aliphatic carbocycles. The smallest absolute Gasteiger partial charge is 0.208 e. The highest BCUT2D eigenvalue weighted by Gasteiger charge is 2.16. The molecule has 16 heavy (non-hydrogen) atoms. The van der Waals surface area contributed by atoms with E-state index in [1.165, 1.54) is 12.1 Å². The van der Waals surface area contributed by atoms with E-state index in [-0.39, 0.29) is 10.9 Å². The lowest BCUT2D eigenvalue weighted by molar-refractivity contribution is 0.543. The second kappa shape index (κ2) is 5.41. The van der Waals surface area contributed by atoms with Crippen LogP contribution < -0.4 is 4.72 Å². The van der Waals surface area contributed by atoms with Gasteiger partial charge >= 0.3 is 0 Å². The Hall–Kier alpha value is -0.940. The molecule has 90 valence electrons.